The zero-order chi connectivity index (χ0) is 13.4. The zero-order valence-electron chi connectivity index (χ0n) is 10.3. The maximum absolute atomic E-state index is 11.4. The van der Waals surface area contributed by atoms with Crippen LogP contribution in [0.3, 0.4) is 0 Å². The number of hydrogen-bond acceptors (Lipinski definition) is 3. The first kappa shape index (κ1) is 14.2. The Morgan fingerprint density at radius 3 is 2.56 bits per heavy atom. The Morgan fingerprint density at radius 1 is 1.28 bits per heavy atom. The Kier molecular flexibility index (Phi) is 5.87. The lowest BCUT2D eigenvalue weighted by molar-refractivity contribution is -0.139. The Morgan fingerprint density at radius 2 is 1.94 bits per heavy atom. The van der Waals surface area contributed by atoms with Crippen molar-refractivity contribution in [3.63, 3.8) is 0 Å². The Bertz CT molecular complexity index is 392. The Hall–Kier alpha value is -1.88. The lowest BCUT2D eigenvalue weighted by atomic mass is 10.1. The maximum atomic E-state index is 11.4. The van der Waals surface area contributed by atoms with Crippen LogP contribution in [0.4, 0.5) is 0 Å². The number of carbonyl (C=O) groups excluding carboxylic acids is 1. The van der Waals surface area contributed by atoms with Gasteiger partial charge in [0.05, 0.1) is 6.54 Å². The third kappa shape index (κ3) is 5.45. The summed E-state index contributed by atoms with van der Waals surface area (Å²) in [6, 6.07) is 9.12. The van der Waals surface area contributed by atoms with Crippen LogP contribution in [-0.4, -0.2) is 36.1 Å². The second-order valence-electron chi connectivity index (χ2n) is 4.03. The van der Waals surface area contributed by atoms with Crippen molar-refractivity contribution in [2.75, 3.05) is 13.1 Å². The smallest absolute Gasteiger partial charge is 0.320 e. The van der Waals surface area contributed by atoms with Crippen molar-refractivity contribution in [1.82, 2.24) is 10.6 Å². The van der Waals surface area contributed by atoms with Crippen molar-refractivity contribution < 1.29 is 14.7 Å². The van der Waals surface area contributed by atoms with Crippen LogP contribution >= 0.6 is 0 Å². The summed E-state index contributed by atoms with van der Waals surface area (Å²) >= 11 is 0. The maximum Gasteiger partial charge on any atom is 0.320 e. The number of nitrogens with one attached hydrogen (secondary N) is 2. The first-order chi connectivity index (χ1) is 8.59. The third-order valence-corrected chi connectivity index (χ3v) is 2.52. The minimum absolute atomic E-state index is 0.0161. The SMILES string of the molecule is C[C@@H](NCC(=O)NCCc1ccccc1)C(=O)O. The van der Waals surface area contributed by atoms with E-state index < -0.39 is 12.0 Å². The van der Waals surface area contributed by atoms with Crippen molar-refractivity contribution in [2.45, 2.75) is 19.4 Å². The fourth-order valence-electron chi connectivity index (χ4n) is 1.39. The highest BCUT2D eigenvalue weighted by molar-refractivity contribution is 5.79. The fraction of sp³-hybridized carbons (Fsp3) is 0.385. The molecule has 0 aliphatic carbocycles. The normalized spacial score (nSPS) is 11.8. The summed E-state index contributed by atoms with van der Waals surface area (Å²) in [6.07, 6.45) is 0.765. The van der Waals surface area contributed by atoms with Crippen LogP contribution in [0.15, 0.2) is 30.3 Å². The van der Waals surface area contributed by atoms with Gasteiger partial charge in [0.2, 0.25) is 5.91 Å². The molecular formula is C13H18N2O3. The largest absolute Gasteiger partial charge is 0.480 e. The van der Waals surface area contributed by atoms with E-state index in [4.69, 9.17) is 5.11 Å². The molecule has 0 saturated carbocycles. The summed E-state index contributed by atoms with van der Waals surface area (Å²) in [6.45, 7) is 2.06. The number of carboxylic acid groups (broad SMARTS) is 1. The van der Waals surface area contributed by atoms with Crippen LogP contribution in [0.1, 0.15) is 12.5 Å². The predicted molar refractivity (Wildman–Crippen MR) is 68.3 cm³/mol. The average molecular weight is 250 g/mol. The molecule has 0 bridgehead atoms. The van der Waals surface area contributed by atoms with E-state index in [1.165, 1.54) is 6.92 Å². The Balaban J connectivity index is 2.16. The van der Waals surface area contributed by atoms with Gasteiger partial charge in [-0.2, -0.15) is 0 Å². The molecule has 0 unspecified atom stereocenters. The van der Waals surface area contributed by atoms with E-state index >= 15 is 0 Å². The van der Waals surface area contributed by atoms with E-state index in [0.717, 1.165) is 12.0 Å². The average Bonchev–Trinajstić information content (AvgIpc) is 2.37. The van der Waals surface area contributed by atoms with Crippen LogP contribution in [0, 0.1) is 0 Å². The molecule has 0 heterocycles. The van der Waals surface area contributed by atoms with Crippen molar-refractivity contribution in [3.8, 4) is 0 Å². The highest BCUT2D eigenvalue weighted by Crippen LogP contribution is 1.97. The van der Waals surface area contributed by atoms with Gasteiger partial charge >= 0.3 is 5.97 Å². The van der Waals surface area contributed by atoms with Gasteiger partial charge in [-0.1, -0.05) is 30.3 Å². The molecule has 1 amide bonds. The minimum Gasteiger partial charge on any atom is -0.480 e. The molecule has 0 radical (unpaired) electrons. The molecule has 0 aliphatic rings. The van der Waals surface area contributed by atoms with Crippen molar-refractivity contribution in [1.29, 1.82) is 0 Å². The number of amides is 1. The number of benzene rings is 1. The summed E-state index contributed by atoms with van der Waals surface area (Å²) in [4.78, 5) is 21.9. The highest BCUT2D eigenvalue weighted by Gasteiger charge is 2.11. The molecule has 0 aromatic heterocycles. The van der Waals surface area contributed by atoms with E-state index in [-0.39, 0.29) is 12.5 Å². The van der Waals surface area contributed by atoms with Gasteiger partial charge in [0.25, 0.3) is 0 Å². The van der Waals surface area contributed by atoms with E-state index in [9.17, 15) is 9.59 Å². The number of aliphatic carboxylic acids is 1. The standard InChI is InChI=1S/C13H18N2O3/c1-10(13(17)18)15-9-12(16)14-8-7-11-5-3-2-4-6-11/h2-6,10,15H,7-9H2,1H3,(H,14,16)(H,17,18)/t10-/m1/s1. The van der Waals surface area contributed by atoms with Crippen LogP contribution in [0.25, 0.3) is 0 Å². The summed E-state index contributed by atoms with van der Waals surface area (Å²) in [7, 11) is 0. The van der Waals surface area contributed by atoms with Crippen molar-refractivity contribution in [3.05, 3.63) is 35.9 Å². The molecule has 0 fully saturated rings. The molecule has 18 heavy (non-hydrogen) atoms. The highest BCUT2D eigenvalue weighted by atomic mass is 16.4. The van der Waals surface area contributed by atoms with Crippen molar-refractivity contribution in [2.24, 2.45) is 0 Å². The quantitative estimate of drug-likeness (QED) is 0.655. The topological polar surface area (TPSA) is 78.4 Å². The monoisotopic (exact) mass is 250 g/mol. The van der Waals surface area contributed by atoms with Gasteiger partial charge in [0.15, 0.2) is 0 Å². The van der Waals surface area contributed by atoms with Gasteiger partial charge in [0.1, 0.15) is 6.04 Å². The minimum atomic E-state index is -0.966. The van der Waals surface area contributed by atoms with E-state index in [0.29, 0.717) is 6.54 Å². The van der Waals surface area contributed by atoms with E-state index in [2.05, 4.69) is 10.6 Å². The molecule has 1 atom stereocenters. The lowest BCUT2D eigenvalue weighted by Crippen LogP contribution is -2.41. The molecule has 0 saturated heterocycles. The van der Waals surface area contributed by atoms with Gasteiger partial charge in [0, 0.05) is 6.54 Å². The molecule has 1 rings (SSSR count). The number of carboxylic acids is 1. The van der Waals surface area contributed by atoms with E-state index in [1.807, 2.05) is 30.3 Å². The Labute approximate surface area is 106 Å². The summed E-state index contributed by atoms with van der Waals surface area (Å²) in [5.41, 5.74) is 1.16. The summed E-state index contributed by atoms with van der Waals surface area (Å²) < 4.78 is 0. The van der Waals surface area contributed by atoms with E-state index in [1.54, 1.807) is 0 Å². The molecule has 5 heteroatoms. The predicted octanol–water partition coefficient (Wildman–Crippen LogP) is 0.408. The second-order valence-corrected chi connectivity index (χ2v) is 4.03. The van der Waals surface area contributed by atoms with Crippen LogP contribution < -0.4 is 10.6 Å². The molecule has 98 valence electrons. The van der Waals surface area contributed by atoms with Crippen LogP contribution in [0.5, 0.6) is 0 Å². The number of rotatable bonds is 7. The third-order valence-electron chi connectivity index (χ3n) is 2.52. The molecule has 0 aliphatic heterocycles. The van der Waals surface area contributed by atoms with Gasteiger partial charge in [-0.15, -0.1) is 0 Å². The first-order valence-electron chi connectivity index (χ1n) is 5.86. The van der Waals surface area contributed by atoms with Crippen LogP contribution in [0.2, 0.25) is 0 Å². The van der Waals surface area contributed by atoms with Crippen molar-refractivity contribution >= 4 is 11.9 Å². The summed E-state index contributed by atoms with van der Waals surface area (Å²) in [5.74, 6) is -1.16. The van der Waals surface area contributed by atoms with Gasteiger partial charge in [-0.25, -0.2) is 0 Å². The van der Waals surface area contributed by atoms with Gasteiger partial charge in [-0.3, -0.25) is 14.9 Å². The molecule has 1 aromatic rings. The molecule has 0 spiro atoms. The molecule has 3 N–H and O–H groups in total. The molecule has 5 nitrogen and oxygen atoms in total. The molecular weight excluding hydrogens is 232 g/mol. The second kappa shape index (κ2) is 7.45. The fourth-order valence-corrected chi connectivity index (χ4v) is 1.39. The lowest BCUT2D eigenvalue weighted by Gasteiger charge is -2.09. The number of carbonyl (C=O) groups is 2. The first-order valence-corrected chi connectivity index (χ1v) is 5.86. The van der Waals surface area contributed by atoms with Gasteiger partial charge < -0.3 is 10.4 Å². The van der Waals surface area contributed by atoms with Gasteiger partial charge in [-0.05, 0) is 18.9 Å². The van der Waals surface area contributed by atoms with Crippen LogP contribution in [-0.2, 0) is 16.0 Å². The zero-order valence-corrected chi connectivity index (χ0v) is 10.3. The summed E-state index contributed by atoms with van der Waals surface area (Å²) in [5, 5.41) is 14.0. The number of hydrogen-bond donors (Lipinski definition) is 3. The molecule has 1 aromatic carbocycles.